The van der Waals surface area contributed by atoms with Gasteiger partial charge in [0.1, 0.15) is 5.60 Å². The fraction of sp³-hybridized carbons (Fsp3) is 0.667. The molecule has 2 aliphatic rings. The fourth-order valence-electron chi connectivity index (χ4n) is 5.16. The van der Waals surface area contributed by atoms with Gasteiger partial charge in [-0.05, 0) is 49.0 Å². The average Bonchev–Trinajstić information content (AvgIpc) is 2.86. The topological polar surface area (TPSA) is 57.5 Å². The molecule has 24 heavy (non-hydrogen) atoms. The third-order valence-corrected chi connectivity index (χ3v) is 7.38. The summed E-state index contributed by atoms with van der Waals surface area (Å²) in [6, 6.07) is 9.99. The second-order valence-electron chi connectivity index (χ2n) is 8.66. The van der Waals surface area contributed by atoms with Crippen LogP contribution in [0.1, 0.15) is 58.4 Å². The molecule has 4 atom stereocenters. The van der Waals surface area contributed by atoms with Crippen molar-refractivity contribution in [1.29, 1.82) is 0 Å². The van der Waals surface area contributed by atoms with E-state index in [0.717, 1.165) is 24.8 Å². The van der Waals surface area contributed by atoms with E-state index in [0.29, 0.717) is 18.8 Å². The summed E-state index contributed by atoms with van der Waals surface area (Å²) in [4.78, 5) is 12.9. The number of aliphatic hydroxyl groups is 2. The number of rotatable bonds is 6. The van der Waals surface area contributed by atoms with E-state index in [1.807, 2.05) is 30.3 Å². The maximum absolute atomic E-state index is 12.9. The van der Waals surface area contributed by atoms with Crippen LogP contribution in [-0.4, -0.2) is 27.7 Å². The Morgan fingerprint density at radius 2 is 1.92 bits per heavy atom. The molecule has 2 saturated carbocycles. The van der Waals surface area contributed by atoms with Gasteiger partial charge in [0.15, 0.2) is 5.78 Å². The monoisotopic (exact) mass is 330 g/mol. The van der Waals surface area contributed by atoms with Crippen LogP contribution in [-0.2, 0) is 11.2 Å². The maximum atomic E-state index is 12.9. The number of Topliss-reactive ketones (excluding diaryl/α,β-unsaturated/α-hetero) is 1. The molecule has 2 fully saturated rings. The van der Waals surface area contributed by atoms with Crippen LogP contribution in [0.2, 0.25) is 0 Å². The van der Waals surface area contributed by atoms with Crippen molar-refractivity contribution in [2.75, 3.05) is 0 Å². The zero-order valence-corrected chi connectivity index (χ0v) is 15.1. The van der Waals surface area contributed by atoms with Gasteiger partial charge in [-0.1, -0.05) is 51.1 Å². The summed E-state index contributed by atoms with van der Waals surface area (Å²) in [5.74, 6) is 0.235. The maximum Gasteiger partial charge on any atom is 0.167 e. The predicted molar refractivity (Wildman–Crippen MR) is 94.6 cm³/mol. The standard InChI is InChI=1S/C21H30O3/c1-19(2)16-11-12-20(19,3)21(24,14-16)18(23)13-17(22)10-9-15-7-5-4-6-8-15/h4-8,16-17,22,24H,9-14H2,1-3H3/t16-,17+,20-,21+/m1/s1. The molecular formula is C21H30O3. The van der Waals surface area contributed by atoms with Crippen molar-refractivity contribution in [1.82, 2.24) is 0 Å². The highest BCUT2D eigenvalue weighted by Gasteiger charge is 2.70. The van der Waals surface area contributed by atoms with Crippen LogP contribution in [0.15, 0.2) is 30.3 Å². The first-order valence-corrected chi connectivity index (χ1v) is 9.18. The highest BCUT2D eigenvalue weighted by molar-refractivity contribution is 5.89. The minimum absolute atomic E-state index is 0.0214. The molecule has 132 valence electrons. The molecule has 0 spiro atoms. The number of hydrogen-bond acceptors (Lipinski definition) is 3. The molecule has 0 radical (unpaired) electrons. The number of hydrogen-bond donors (Lipinski definition) is 2. The Labute approximate surface area is 145 Å². The van der Waals surface area contributed by atoms with Gasteiger partial charge in [-0.3, -0.25) is 4.79 Å². The van der Waals surface area contributed by atoms with E-state index >= 15 is 0 Å². The average molecular weight is 330 g/mol. The van der Waals surface area contributed by atoms with Gasteiger partial charge in [0.2, 0.25) is 0 Å². The normalized spacial score (nSPS) is 35.1. The Balaban J connectivity index is 1.63. The minimum atomic E-state index is -1.27. The van der Waals surface area contributed by atoms with Gasteiger partial charge in [0.05, 0.1) is 6.10 Å². The number of aliphatic hydroxyl groups excluding tert-OH is 1. The van der Waals surface area contributed by atoms with Gasteiger partial charge >= 0.3 is 0 Å². The SMILES string of the molecule is CC1(C)[C@@H]2CC[C@@]1(C)[C@@](O)(C(=O)C[C@@H](O)CCc1ccccc1)C2. The lowest BCUT2D eigenvalue weighted by molar-refractivity contribution is -0.157. The van der Waals surface area contributed by atoms with E-state index in [2.05, 4.69) is 20.8 Å². The largest absolute Gasteiger partial charge is 0.393 e. The number of ketones is 1. The third-order valence-electron chi connectivity index (χ3n) is 7.38. The molecule has 0 aliphatic heterocycles. The van der Waals surface area contributed by atoms with Crippen molar-refractivity contribution in [3.05, 3.63) is 35.9 Å². The number of carbonyl (C=O) groups is 1. The zero-order valence-electron chi connectivity index (χ0n) is 15.1. The Morgan fingerprint density at radius 3 is 2.46 bits per heavy atom. The Kier molecular flexibility index (Phi) is 4.38. The first kappa shape index (κ1) is 17.6. The van der Waals surface area contributed by atoms with Crippen LogP contribution in [0, 0.1) is 16.7 Å². The highest BCUT2D eigenvalue weighted by Crippen LogP contribution is 2.69. The number of fused-ring (bicyclic) bond motifs is 2. The Morgan fingerprint density at radius 1 is 1.25 bits per heavy atom. The molecular weight excluding hydrogens is 300 g/mol. The Hall–Kier alpha value is -1.19. The van der Waals surface area contributed by atoms with Crippen LogP contribution >= 0.6 is 0 Å². The van der Waals surface area contributed by atoms with E-state index < -0.39 is 11.7 Å². The molecule has 2 bridgehead atoms. The molecule has 0 heterocycles. The fourth-order valence-corrected chi connectivity index (χ4v) is 5.16. The number of benzene rings is 1. The van der Waals surface area contributed by atoms with Gasteiger partial charge in [-0.15, -0.1) is 0 Å². The zero-order chi connectivity index (χ0) is 17.6. The lowest BCUT2D eigenvalue weighted by atomic mass is 9.62. The lowest BCUT2D eigenvalue weighted by Crippen LogP contribution is -2.53. The van der Waals surface area contributed by atoms with E-state index in [1.54, 1.807) is 0 Å². The van der Waals surface area contributed by atoms with Crippen molar-refractivity contribution in [2.24, 2.45) is 16.7 Å². The van der Waals surface area contributed by atoms with Gasteiger partial charge in [-0.25, -0.2) is 0 Å². The lowest BCUT2D eigenvalue weighted by Gasteiger charge is -2.44. The molecule has 3 rings (SSSR count). The van der Waals surface area contributed by atoms with Crippen molar-refractivity contribution in [3.8, 4) is 0 Å². The van der Waals surface area contributed by atoms with Crippen LogP contribution in [0.25, 0.3) is 0 Å². The summed E-state index contributed by atoms with van der Waals surface area (Å²) in [6.45, 7) is 6.43. The number of aryl methyl sites for hydroxylation is 1. The van der Waals surface area contributed by atoms with Gasteiger partial charge in [0, 0.05) is 11.8 Å². The van der Waals surface area contributed by atoms with Crippen LogP contribution in [0.4, 0.5) is 0 Å². The van der Waals surface area contributed by atoms with Gasteiger partial charge < -0.3 is 10.2 Å². The third kappa shape index (κ3) is 2.53. The quantitative estimate of drug-likeness (QED) is 0.839. The van der Waals surface area contributed by atoms with Crippen molar-refractivity contribution in [3.63, 3.8) is 0 Å². The van der Waals surface area contributed by atoms with Crippen molar-refractivity contribution >= 4 is 5.78 Å². The van der Waals surface area contributed by atoms with E-state index in [-0.39, 0.29) is 23.0 Å². The summed E-state index contributed by atoms with van der Waals surface area (Å²) >= 11 is 0. The van der Waals surface area contributed by atoms with Crippen LogP contribution in [0.5, 0.6) is 0 Å². The molecule has 0 saturated heterocycles. The first-order valence-electron chi connectivity index (χ1n) is 9.18. The van der Waals surface area contributed by atoms with Gasteiger partial charge in [0.25, 0.3) is 0 Å². The molecule has 2 N–H and O–H groups in total. The molecule has 0 aromatic heterocycles. The molecule has 3 nitrogen and oxygen atoms in total. The summed E-state index contributed by atoms with van der Waals surface area (Å²) in [6.07, 6.45) is 3.21. The van der Waals surface area contributed by atoms with Crippen LogP contribution in [0.3, 0.4) is 0 Å². The first-order chi connectivity index (χ1) is 11.2. The summed E-state index contributed by atoms with van der Waals surface area (Å²) < 4.78 is 0. The summed E-state index contributed by atoms with van der Waals surface area (Å²) in [5, 5.41) is 21.5. The van der Waals surface area contributed by atoms with Crippen molar-refractivity contribution in [2.45, 2.75) is 71.0 Å². The summed E-state index contributed by atoms with van der Waals surface area (Å²) in [5.41, 5.74) is -0.504. The molecule has 1 aromatic rings. The molecule has 0 unspecified atom stereocenters. The molecule has 0 amide bonds. The highest BCUT2D eigenvalue weighted by atomic mass is 16.3. The molecule has 1 aromatic carbocycles. The summed E-state index contributed by atoms with van der Waals surface area (Å²) in [7, 11) is 0. The van der Waals surface area contributed by atoms with Crippen LogP contribution < -0.4 is 0 Å². The Bertz CT molecular complexity index is 609. The van der Waals surface area contributed by atoms with Crippen molar-refractivity contribution < 1.29 is 15.0 Å². The second kappa shape index (κ2) is 5.96. The van der Waals surface area contributed by atoms with E-state index in [4.69, 9.17) is 0 Å². The smallest absolute Gasteiger partial charge is 0.167 e. The molecule has 3 heteroatoms. The second-order valence-corrected chi connectivity index (χ2v) is 8.66. The van der Waals surface area contributed by atoms with Gasteiger partial charge in [-0.2, -0.15) is 0 Å². The predicted octanol–water partition coefficient (Wildman–Crippen LogP) is 3.52. The minimum Gasteiger partial charge on any atom is -0.393 e. The molecule has 2 aliphatic carbocycles. The number of carbonyl (C=O) groups excluding carboxylic acids is 1. The van der Waals surface area contributed by atoms with E-state index in [9.17, 15) is 15.0 Å². The van der Waals surface area contributed by atoms with E-state index in [1.165, 1.54) is 0 Å².